The van der Waals surface area contributed by atoms with Crippen molar-refractivity contribution in [1.29, 1.82) is 0 Å². The second-order valence-corrected chi connectivity index (χ2v) is 5.99. The third kappa shape index (κ3) is 2.66. The van der Waals surface area contributed by atoms with Gasteiger partial charge >= 0.3 is 6.18 Å². The monoisotopic (exact) mass is 372 g/mol. The Bertz CT molecular complexity index is 1060. The Morgan fingerprint density at radius 3 is 2.30 bits per heavy atom. The quantitative estimate of drug-likeness (QED) is 0.675. The topological polar surface area (TPSA) is 43.4 Å². The maximum atomic E-state index is 12.9. The number of nitrogens with one attached hydrogen (secondary N) is 1. The molecule has 7 heteroatoms. The fourth-order valence-corrected chi connectivity index (χ4v) is 3.37. The summed E-state index contributed by atoms with van der Waals surface area (Å²) in [6.07, 6.45) is 0.898. The number of pyridine rings is 1. The highest BCUT2D eigenvalue weighted by Gasteiger charge is 2.31. The molecule has 1 aliphatic heterocycles. The summed E-state index contributed by atoms with van der Waals surface area (Å²) < 4.78 is 49.9. The highest BCUT2D eigenvalue weighted by molar-refractivity contribution is 6.09. The Labute approximate surface area is 153 Å². The Kier molecular flexibility index (Phi) is 3.95. The lowest BCUT2D eigenvalue weighted by molar-refractivity contribution is -0.137. The average Bonchev–Trinajstić information content (AvgIpc) is 2.67. The van der Waals surface area contributed by atoms with Crippen LogP contribution in [0.2, 0.25) is 0 Å². The highest BCUT2D eigenvalue weighted by atomic mass is 19.4. The minimum atomic E-state index is -4.39. The predicted molar refractivity (Wildman–Crippen MR) is 97.9 cm³/mol. The van der Waals surface area contributed by atoms with Gasteiger partial charge in [-0.1, -0.05) is 12.1 Å². The van der Waals surface area contributed by atoms with Crippen LogP contribution in [-0.4, -0.2) is 19.2 Å². The Hall–Kier alpha value is -3.22. The first-order valence-electron chi connectivity index (χ1n) is 8.13. The summed E-state index contributed by atoms with van der Waals surface area (Å²) in [5.41, 5.74) is 2.82. The zero-order chi connectivity index (χ0) is 19.2. The molecule has 0 amide bonds. The molecule has 0 atom stereocenters. The van der Waals surface area contributed by atoms with Crippen LogP contribution in [-0.2, 0) is 6.18 Å². The van der Waals surface area contributed by atoms with Gasteiger partial charge in [0.05, 0.1) is 19.8 Å². The third-order valence-electron chi connectivity index (χ3n) is 4.54. The first-order chi connectivity index (χ1) is 13.0. The summed E-state index contributed by atoms with van der Waals surface area (Å²) in [5.74, 6) is 0.862. The van der Waals surface area contributed by atoms with Gasteiger partial charge in [-0.05, 0) is 35.4 Å². The summed E-state index contributed by atoms with van der Waals surface area (Å²) in [7, 11) is 3.01. The zero-order valence-corrected chi connectivity index (χ0v) is 14.5. The van der Waals surface area contributed by atoms with Gasteiger partial charge < -0.3 is 14.8 Å². The van der Waals surface area contributed by atoms with Crippen molar-refractivity contribution >= 4 is 22.7 Å². The maximum Gasteiger partial charge on any atom is 0.416 e. The second-order valence-electron chi connectivity index (χ2n) is 5.99. The van der Waals surface area contributed by atoms with Crippen LogP contribution in [0.15, 0.2) is 42.7 Å². The van der Waals surface area contributed by atoms with Gasteiger partial charge in [0.2, 0.25) is 0 Å². The minimum Gasteiger partial charge on any atom is -0.492 e. The normalized spacial score (nSPS) is 12.8. The van der Waals surface area contributed by atoms with Crippen LogP contribution in [0, 0.1) is 0 Å². The van der Waals surface area contributed by atoms with Gasteiger partial charge in [-0.15, -0.1) is 0 Å². The fraction of sp³-hybridized carbons (Fsp3) is 0.150. The largest absolute Gasteiger partial charge is 0.492 e. The van der Waals surface area contributed by atoms with Crippen LogP contribution in [0.25, 0.3) is 28.1 Å². The lowest BCUT2D eigenvalue weighted by Gasteiger charge is -2.22. The standard InChI is InChI=1S/C20H15F3N2O2/c1-26-18-15(11-3-5-12(6-4-11)20(21,22)23)13-7-9-24-14-8-10-25-17(16(13)14)19(18)27-2/h3-10,24H,1-2H3. The lowest BCUT2D eigenvalue weighted by atomic mass is 9.91. The van der Waals surface area contributed by atoms with E-state index in [1.54, 1.807) is 12.4 Å². The zero-order valence-electron chi connectivity index (χ0n) is 14.5. The van der Waals surface area contributed by atoms with Gasteiger partial charge in [0, 0.05) is 29.0 Å². The average molecular weight is 372 g/mol. The number of aromatic nitrogens is 1. The van der Waals surface area contributed by atoms with Crippen LogP contribution in [0.4, 0.5) is 18.9 Å². The molecule has 0 bridgehead atoms. The number of anilines is 1. The van der Waals surface area contributed by atoms with Gasteiger partial charge in [0.1, 0.15) is 5.52 Å². The molecule has 0 radical (unpaired) electrons. The number of hydrogen-bond donors (Lipinski definition) is 1. The molecule has 4 rings (SSSR count). The second kappa shape index (κ2) is 6.19. The summed E-state index contributed by atoms with van der Waals surface area (Å²) in [5, 5.41) is 3.98. The van der Waals surface area contributed by atoms with Gasteiger partial charge in [-0.2, -0.15) is 13.2 Å². The van der Waals surface area contributed by atoms with Gasteiger partial charge in [0.25, 0.3) is 0 Å². The number of alkyl halides is 3. The molecule has 0 spiro atoms. The smallest absolute Gasteiger partial charge is 0.416 e. The van der Waals surface area contributed by atoms with Crippen LogP contribution >= 0.6 is 0 Å². The van der Waals surface area contributed by atoms with E-state index in [0.29, 0.717) is 28.1 Å². The van der Waals surface area contributed by atoms with E-state index in [2.05, 4.69) is 10.3 Å². The van der Waals surface area contributed by atoms with E-state index >= 15 is 0 Å². The van der Waals surface area contributed by atoms with E-state index in [1.165, 1.54) is 26.4 Å². The number of halogens is 3. The maximum absolute atomic E-state index is 12.9. The summed E-state index contributed by atoms with van der Waals surface area (Å²) >= 11 is 0. The van der Waals surface area contributed by atoms with E-state index in [1.807, 2.05) is 12.1 Å². The molecule has 138 valence electrons. The molecule has 1 aliphatic rings. The molecule has 0 saturated heterocycles. The van der Waals surface area contributed by atoms with E-state index in [4.69, 9.17) is 9.47 Å². The predicted octanol–water partition coefficient (Wildman–Crippen LogP) is 5.33. The van der Waals surface area contributed by atoms with Crippen molar-refractivity contribution in [3.05, 3.63) is 53.9 Å². The molecule has 0 saturated carbocycles. The van der Waals surface area contributed by atoms with Crippen LogP contribution in [0.1, 0.15) is 11.1 Å². The van der Waals surface area contributed by atoms with Gasteiger partial charge in [-0.3, -0.25) is 4.98 Å². The Morgan fingerprint density at radius 2 is 1.67 bits per heavy atom. The number of nitrogens with zero attached hydrogens (tertiary/aromatic N) is 1. The van der Waals surface area contributed by atoms with Crippen molar-refractivity contribution < 1.29 is 22.6 Å². The van der Waals surface area contributed by atoms with E-state index in [9.17, 15) is 13.2 Å². The molecule has 1 N–H and O–H groups in total. The van der Waals surface area contributed by atoms with E-state index < -0.39 is 11.7 Å². The number of rotatable bonds is 3. The van der Waals surface area contributed by atoms with Crippen molar-refractivity contribution in [2.45, 2.75) is 6.18 Å². The van der Waals surface area contributed by atoms with E-state index in [-0.39, 0.29) is 0 Å². The first-order valence-corrected chi connectivity index (χ1v) is 8.13. The van der Waals surface area contributed by atoms with Gasteiger partial charge in [-0.25, -0.2) is 0 Å². The van der Waals surface area contributed by atoms with Crippen LogP contribution < -0.4 is 14.8 Å². The molecular weight excluding hydrogens is 357 g/mol. The SMILES string of the molecule is COc1c(-c2ccc(C(F)(F)F)cc2)c2c3c(ccnc3c1OC)NC=C2. The number of benzene rings is 2. The van der Waals surface area contributed by atoms with E-state index in [0.717, 1.165) is 28.8 Å². The Balaban J connectivity index is 2.06. The van der Waals surface area contributed by atoms with Crippen molar-refractivity contribution in [1.82, 2.24) is 4.98 Å². The molecule has 4 nitrogen and oxygen atoms in total. The molecule has 0 fully saturated rings. The third-order valence-corrected chi connectivity index (χ3v) is 4.54. The minimum absolute atomic E-state index is 0.427. The van der Waals surface area contributed by atoms with Crippen LogP contribution in [0.5, 0.6) is 11.5 Å². The lowest BCUT2D eigenvalue weighted by Crippen LogP contribution is -2.05. The summed E-state index contributed by atoms with van der Waals surface area (Å²) in [4.78, 5) is 4.42. The van der Waals surface area contributed by atoms with Crippen molar-refractivity contribution in [3.63, 3.8) is 0 Å². The molecular formula is C20H15F3N2O2. The molecule has 1 aromatic heterocycles. The number of ether oxygens (including phenoxy) is 2. The van der Waals surface area contributed by atoms with Crippen molar-refractivity contribution in [2.24, 2.45) is 0 Å². The Morgan fingerprint density at radius 1 is 0.963 bits per heavy atom. The molecule has 0 unspecified atom stereocenters. The molecule has 3 aromatic rings. The van der Waals surface area contributed by atoms with Gasteiger partial charge in [0.15, 0.2) is 11.5 Å². The fourth-order valence-electron chi connectivity index (χ4n) is 3.37. The molecule has 27 heavy (non-hydrogen) atoms. The van der Waals surface area contributed by atoms with Crippen molar-refractivity contribution in [2.75, 3.05) is 19.5 Å². The number of hydrogen-bond acceptors (Lipinski definition) is 4. The number of methoxy groups -OCH3 is 2. The highest BCUT2D eigenvalue weighted by Crippen LogP contribution is 2.49. The molecule has 2 aromatic carbocycles. The molecule has 2 heterocycles. The van der Waals surface area contributed by atoms with Crippen LogP contribution in [0.3, 0.4) is 0 Å². The summed E-state index contributed by atoms with van der Waals surface area (Å²) in [6, 6.07) is 6.83. The molecule has 0 aliphatic carbocycles. The first kappa shape index (κ1) is 17.2. The van der Waals surface area contributed by atoms with Crippen molar-refractivity contribution in [3.8, 4) is 22.6 Å². The summed E-state index contributed by atoms with van der Waals surface area (Å²) in [6.45, 7) is 0.